The van der Waals surface area contributed by atoms with E-state index in [0.29, 0.717) is 6.54 Å². The van der Waals surface area contributed by atoms with Gasteiger partial charge in [0.05, 0.1) is 19.9 Å². The quantitative estimate of drug-likeness (QED) is 0.823. The Balaban J connectivity index is 1.98. The summed E-state index contributed by atoms with van der Waals surface area (Å²) in [6.07, 6.45) is 3.29. The minimum atomic E-state index is 0.556. The van der Waals surface area contributed by atoms with Crippen molar-refractivity contribution in [3.8, 4) is 5.75 Å². The van der Waals surface area contributed by atoms with Crippen molar-refractivity contribution in [1.82, 2.24) is 10.1 Å². The molecule has 5 nitrogen and oxygen atoms in total. The third kappa shape index (κ3) is 2.46. The van der Waals surface area contributed by atoms with Gasteiger partial charge in [-0.25, -0.2) is 4.98 Å². The number of anilines is 1. The van der Waals surface area contributed by atoms with Gasteiger partial charge in [-0.05, 0) is 6.07 Å². The van der Waals surface area contributed by atoms with Gasteiger partial charge in [-0.3, -0.25) is 0 Å². The van der Waals surface area contributed by atoms with E-state index < -0.39 is 0 Å². The zero-order chi connectivity index (χ0) is 10.5. The normalized spacial score (nSPS) is 9.93. The molecule has 5 heteroatoms. The van der Waals surface area contributed by atoms with E-state index in [2.05, 4.69) is 15.5 Å². The molecule has 0 aromatic carbocycles. The molecular weight excluding hydrogens is 194 g/mol. The largest absolute Gasteiger partial charge is 0.497 e. The molecule has 78 valence electrons. The number of nitrogens with one attached hydrogen (secondary N) is 1. The fourth-order valence-corrected chi connectivity index (χ4v) is 1.15. The van der Waals surface area contributed by atoms with Crippen molar-refractivity contribution >= 4 is 5.82 Å². The highest BCUT2D eigenvalue weighted by Gasteiger charge is 1.99. The average molecular weight is 205 g/mol. The summed E-state index contributed by atoms with van der Waals surface area (Å²) >= 11 is 0. The molecule has 0 radical (unpaired) electrons. The number of hydrogen-bond donors (Lipinski definition) is 1. The summed E-state index contributed by atoms with van der Waals surface area (Å²) in [5, 5.41) is 6.70. The van der Waals surface area contributed by atoms with E-state index in [4.69, 9.17) is 9.26 Å². The van der Waals surface area contributed by atoms with E-state index in [1.165, 1.54) is 0 Å². The highest BCUT2D eigenvalue weighted by atomic mass is 16.5. The van der Waals surface area contributed by atoms with Crippen LogP contribution in [0.1, 0.15) is 5.76 Å². The number of methoxy groups -OCH3 is 1. The molecule has 0 bridgehead atoms. The standard InChI is InChI=1S/C10H11N3O2/c1-14-8-2-4-11-10(6-8)12-7-9-3-5-13-15-9/h2-6H,7H2,1H3,(H,11,12). The summed E-state index contributed by atoms with van der Waals surface area (Å²) in [5.74, 6) is 2.27. The molecule has 0 saturated heterocycles. The summed E-state index contributed by atoms with van der Waals surface area (Å²) in [4.78, 5) is 4.13. The predicted molar refractivity (Wildman–Crippen MR) is 54.6 cm³/mol. The maximum Gasteiger partial charge on any atom is 0.155 e. The smallest absolute Gasteiger partial charge is 0.155 e. The van der Waals surface area contributed by atoms with Crippen molar-refractivity contribution in [3.05, 3.63) is 36.4 Å². The predicted octanol–water partition coefficient (Wildman–Crippen LogP) is 1.69. The Kier molecular flexibility index (Phi) is 2.82. The lowest BCUT2D eigenvalue weighted by molar-refractivity contribution is 0.387. The molecule has 0 aliphatic heterocycles. The second-order valence-corrected chi connectivity index (χ2v) is 2.91. The zero-order valence-electron chi connectivity index (χ0n) is 8.30. The van der Waals surface area contributed by atoms with Crippen LogP contribution in [-0.2, 0) is 6.54 Å². The Morgan fingerprint density at radius 1 is 1.40 bits per heavy atom. The molecule has 2 heterocycles. The Bertz CT molecular complexity index is 414. The first-order chi connectivity index (χ1) is 7.38. The van der Waals surface area contributed by atoms with Crippen LogP contribution in [0, 0.1) is 0 Å². The van der Waals surface area contributed by atoms with E-state index in [-0.39, 0.29) is 0 Å². The Morgan fingerprint density at radius 2 is 2.33 bits per heavy atom. The summed E-state index contributed by atoms with van der Waals surface area (Å²) in [7, 11) is 1.62. The number of aromatic nitrogens is 2. The second-order valence-electron chi connectivity index (χ2n) is 2.91. The molecule has 2 aromatic heterocycles. The van der Waals surface area contributed by atoms with Crippen LogP contribution in [0.3, 0.4) is 0 Å². The summed E-state index contributed by atoms with van der Waals surface area (Å²) in [6.45, 7) is 0.556. The third-order valence-corrected chi connectivity index (χ3v) is 1.90. The Labute approximate surface area is 87.1 Å². The maximum absolute atomic E-state index is 5.08. The molecule has 0 unspecified atom stereocenters. The van der Waals surface area contributed by atoms with Crippen molar-refractivity contribution in [2.75, 3.05) is 12.4 Å². The van der Waals surface area contributed by atoms with Crippen LogP contribution in [0.5, 0.6) is 5.75 Å². The highest BCUT2D eigenvalue weighted by Crippen LogP contribution is 2.14. The summed E-state index contributed by atoms with van der Waals surface area (Å²) in [5.41, 5.74) is 0. The van der Waals surface area contributed by atoms with Gasteiger partial charge in [-0.1, -0.05) is 5.16 Å². The van der Waals surface area contributed by atoms with Crippen LogP contribution in [0.4, 0.5) is 5.82 Å². The second kappa shape index (κ2) is 4.45. The van der Waals surface area contributed by atoms with Gasteiger partial charge in [0.1, 0.15) is 11.6 Å². The van der Waals surface area contributed by atoms with Crippen molar-refractivity contribution in [2.24, 2.45) is 0 Å². The molecule has 0 aliphatic rings. The molecule has 2 aromatic rings. The first-order valence-corrected chi connectivity index (χ1v) is 4.52. The number of rotatable bonds is 4. The van der Waals surface area contributed by atoms with E-state index >= 15 is 0 Å². The molecule has 0 atom stereocenters. The third-order valence-electron chi connectivity index (χ3n) is 1.90. The van der Waals surface area contributed by atoms with Crippen LogP contribution < -0.4 is 10.1 Å². The van der Waals surface area contributed by atoms with E-state index in [0.717, 1.165) is 17.3 Å². The van der Waals surface area contributed by atoms with E-state index in [1.807, 2.05) is 6.07 Å². The number of nitrogens with zero attached hydrogens (tertiary/aromatic N) is 2. The van der Waals surface area contributed by atoms with Crippen molar-refractivity contribution in [2.45, 2.75) is 6.54 Å². The molecule has 0 amide bonds. The van der Waals surface area contributed by atoms with E-state index in [1.54, 1.807) is 31.6 Å². The van der Waals surface area contributed by atoms with Crippen molar-refractivity contribution < 1.29 is 9.26 Å². The SMILES string of the molecule is COc1ccnc(NCc2ccno2)c1. The fraction of sp³-hybridized carbons (Fsp3) is 0.200. The van der Waals surface area contributed by atoms with Gasteiger partial charge in [0.25, 0.3) is 0 Å². The monoisotopic (exact) mass is 205 g/mol. The Morgan fingerprint density at radius 3 is 3.07 bits per heavy atom. The molecule has 15 heavy (non-hydrogen) atoms. The Hall–Kier alpha value is -2.04. The van der Waals surface area contributed by atoms with Gasteiger partial charge in [0, 0.05) is 18.3 Å². The minimum absolute atomic E-state index is 0.556. The highest BCUT2D eigenvalue weighted by molar-refractivity contribution is 5.40. The van der Waals surface area contributed by atoms with Crippen LogP contribution >= 0.6 is 0 Å². The summed E-state index contributed by atoms with van der Waals surface area (Å²) in [6, 6.07) is 5.41. The zero-order valence-corrected chi connectivity index (χ0v) is 8.30. The number of ether oxygens (including phenoxy) is 1. The van der Waals surface area contributed by atoms with E-state index in [9.17, 15) is 0 Å². The molecule has 0 aliphatic carbocycles. The molecule has 0 fully saturated rings. The molecular formula is C10H11N3O2. The summed E-state index contributed by atoms with van der Waals surface area (Å²) < 4.78 is 10.0. The van der Waals surface area contributed by atoms with Crippen LogP contribution in [0.15, 0.2) is 35.1 Å². The van der Waals surface area contributed by atoms with Gasteiger partial charge in [-0.2, -0.15) is 0 Å². The van der Waals surface area contributed by atoms with Crippen molar-refractivity contribution in [3.63, 3.8) is 0 Å². The van der Waals surface area contributed by atoms with Crippen LogP contribution in [-0.4, -0.2) is 17.3 Å². The van der Waals surface area contributed by atoms with Crippen LogP contribution in [0.2, 0.25) is 0 Å². The van der Waals surface area contributed by atoms with Gasteiger partial charge in [0.15, 0.2) is 5.76 Å². The first-order valence-electron chi connectivity index (χ1n) is 4.52. The molecule has 1 N–H and O–H groups in total. The van der Waals surface area contributed by atoms with Gasteiger partial charge < -0.3 is 14.6 Å². The molecule has 0 spiro atoms. The topological polar surface area (TPSA) is 60.2 Å². The minimum Gasteiger partial charge on any atom is -0.497 e. The lowest BCUT2D eigenvalue weighted by Crippen LogP contribution is -2.00. The average Bonchev–Trinajstić information content (AvgIpc) is 2.79. The maximum atomic E-state index is 5.08. The van der Waals surface area contributed by atoms with Gasteiger partial charge >= 0.3 is 0 Å². The number of hydrogen-bond acceptors (Lipinski definition) is 5. The van der Waals surface area contributed by atoms with Crippen LogP contribution in [0.25, 0.3) is 0 Å². The molecule has 0 saturated carbocycles. The first kappa shape index (κ1) is 9.51. The number of pyridine rings is 1. The molecule has 2 rings (SSSR count). The lowest BCUT2D eigenvalue weighted by Gasteiger charge is -2.04. The van der Waals surface area contributed by atoms with Gasteiger partial charge in [0.2, 0.25) is 0 Å². The lowest BCUT2D eigenvalue weighted by atomic mass is 10.4. The van der Waals surface area contributed by atoms with Crippen molar-refractivity contribution in [1.29, 1.82) is 0 Å². The van der Waals surface area contributed by atoms with Gasteiger partial charge in [-0.15, -0.1) is 0 Å². The fourth-order valence-electron chi connectivity index (χ4n) is 1.15.